The molecule has 0 bridgehead atoms. The van der Waals surface area contributed by atoms with E-state index in [0.29, 0.717) is 10.7 Å². The van der Waals surface area contributed by atoms with E-state index in [2.05, 4.69) is 10.3 Å². The molecule has 4 rings (SSSR count). The number of hydrogen-bond donors (Lipinski definition) is 1. The molecule has 1 aromatic heterocycles. The Morgan fingerprint density at radius 1 is 1.33 bits per heavy atom. The number of hydrogen-bond acceptors (Lipinski definition) is 4. The molecule has 5 nitrogen and oxygen atoms in total. The first-order valence-corrected chi connectivity index (χ1v) is 10.2. The minimum Gasteiger partial charge on any atom is -0.319 e. The lowest BCUT2D eigenvalue weighted by Gasteiger charge is -2.44. The Labute approximate surface area is 161 Å². The highest BCUT2D eigenvalue weighted by atomic mass is 32.1. The van der Waals surface area contributed by atoms with E-state index in [1.54, 1.807) is 28.6 Å². The number of rotatable bonds is 4. The first-order valence-electron chi connectivity index (χ1n) is 9.32. The van der Waals surface area contributed by atoms with Crippen molar-refractivity contribution in [3.05, 3.63) is 46.7 Å². The summed E-state index contributed by atoms with van der Waals surface area (Å²) < 4.78 is 14.3. The van der Waals surface area contributed by atoms with E-state index in [9.17, 15) is 14.0 Å². The van der Waals surface area contributed by atoms with Crippen molar-refractivity contribution in [3.8, 4) is 0 Å². The lowest BCUT2D eigenvalue weighted by molar-refractivity contribution is -0.130. The number of aromatic nitrogens is 1. The number of thiazole rings is 1. The highest BCUT2D eigenvalue weighted by Crippen LogP contribution is 2.41. The smallest absolute Gasteiger partial charge is 0.258 e. The summed E-state index contributed by atoms with van der Waals surface area (Å²) in [6, 6.07) is 4.67. The standard InChI is InChI=1S/C20H22FN3O2S/c1-20(14-7-3-2-4-8-14,18(26)23-19-22-10-11-27-19)24-12-13-6-5-9-15(21)16(13)17(24)25/h5-6,9-11,14H,2-4,7-8,12H2,1H3,(H,22,23,26). The minimum atomic E-state index is -1.05. The number of anilines is 1. The van der Waals surface area contributed by atoms with Crippen molar-refractivity contribution in [2.75, 3.05) is 5.32 Å². The quantitative estimate of drug-likeness (QED) is 0.855. The maximum Gasteiger partial charge on any atom is 0.258 e. The first kappa shape index (κ1) is 18.1. The molecule has 1 N–H and O–H groups in total. The molecule has 2 heterocycles. The SMILES string of the molecule is CC(C(=O)Nc1nccs1)(C1CCCCC1)N1Cc2cccc(F)c2C1=O. The van der Waals surface area contributed by atoms with Crippen molar-refractivity contribution in [3.63, 3.8) is 0 Å². The second-order valence-electron chi connectivity index (χ2n) is 7.44. The van der Waals surface area contributed by atoms with Crippen LogP contribution in [0, 0.1) is 11.7 Å². The van der Waals surface area contributed by atoms with E-state index in [-0.39, 0.29) is 23.9 Å². The number of carbonyl (C=O) groups excluding carboxylic acids is 2. The fourth-order valence-corrected chi connectivity index (χ4v) is 4.92. The van der Waals surface area contributed by atoms with Crippen molar-refractivity contribution in [1.82, 2.24) is 9.88 Å². The van der Waals surface area contributed by atoms with Gasteiger partial charge in [0.1, 0.15) is 11.4 Å². The molecule has 1 aliphatic heterocycles. The molecule has 1 fully saturated rings. The topological polar surface area (TPSA) is 62.3 Å². The van der Waals surface area contributed by atoms with Gasteiger partial charge in [-0.25, -0.2) is 9.37 Å². The Hall–Kier alpha value is -2.28. The molecular weight excluding hydrogens is 365 g/mol. The van der Waals surface area contributed by atoms with Gasteiger partial charge >= 0.3 is 0 Å². The summed E-state index contributed by atoms with van der Waals surface area (Å²) in [7, 11) is 0. The Morgan fingerprint density at radius 2 is 2.11 bits per heavy atom. The average Bonchev–Trinajstić information content (AvgIpc) is 3.30. The number of amides is 2. The fourth-order valence-electron chi connectivity index (χ4n) is 4.39. The van der Waals surface area contributed by atoms with Crippen LogP contribution in [0.15, 0.2) is 29.8 Å². The van der Waals surface area contributed by atoms with Crippen LogP contribution in [0.3, 0.4) is 0 Å². The molecule has 2 aromatic rings. The largest absolute Gasteiger partial charge is 0.319 e. The van der Waals surface area contributed by atoms with Crippen molar-refractivity contribution in [2.24, 2.45) is 5.92 Å². The molecule has 1 unspecified atom stereocenters. The van der Waals surface area contributed by atoms with Gasteiger partial charge in [-0.1, -0.05) is 31.4 Å². The zero-order chi connectivity index (χ0) is 19.0. The Kier molecular flexibility index (Phi) is 4.72. The number of halogens is 1. The number of nitrogens with zero attached hydrogens (tertiary/aromatic N) is 2. The molecule has 27 heavy (non-hydrogen) atoms. The Balaban J connectivity index is 1.71. The minimum absolute atomic E-state index is 0.0348. The third kappa shape index (κ3) is 3.04. The van der Waals surface area contributed by atoms with E-state index in [1.807, 2.05) is 6.92 Å². The fraction of sp³-hybridized carbons (Fsp3) is 0.450. The van der Waals surface area contributed by atoms with Crippen LogP contribution in [-0.2, 0) is 11.3 Å². The molecule has 1 aromatic carbocycles. The third-order valence-corrected chi connectivity index (χ3v) is 6.65. The number of fused-ring (bicyclic) bond motifs is 1. The van der Waals surface area contributed by atoms with E-state index in [0.717, 1.165) is 32.1 Å². The highest BCUT2D eigenvalue weighted by Gasteiger charge is 2.51. The monoisotopic (exact) mass is 387 g/mol. The van der Waals surface area contributed by atoms with Crippen LogP contribution in [0.5, 0.6) is 0 Å². The van der Waals surface area contributed by atoms with E-state index in [4.69, 9.17) is 0 Å². The van der Waals surface area contributed by atoms with Gasteiger partial charge in [-0.2, -0.15) is 0 Å². The van der Waals surface area contributed by atoms with Gasteiger partial charge in [-0.05, 0) is 37.3 Å². The normalized spacial score (nSPS) is 19.6. The van der Waals surface area contributed by atoms with E-state index < -0.39 is 17.3 Å². The van der Waals surface area contributed by atoms with Crippen LogP contribution in [0.25, 0.3) is 0 Å². The van der Waals surface area contributed by atoms with Crippen LogP contribution in [0.4, 0.5) is 9.52 Å². The van der Waals surface area contributed by atoms with Crippen LogP contribution in [0.1, 0.15) is 54.9 Å². The van der Waals surface area contributed by atoms with Gasteiger partial charge in [0.15, 0.2) is 5.13 Å². The van der Waals surface area contributed by atoms with Crippen molar-refractivity contribution < 1.29 is 14.0 Å². The molecule has 7 heteroatoms. The predicted octanol–water partition coefficient (Wildman–Crippen LogP) is 4.22. The van der Waals surface area contributed by atoms with Gasteiger partial charge in [-0.3, -0.25) is 14.9 Å². The van der Waals surface area contributed by atoms with Gasteiger partial charge in [-0.15, -0.1) is 11.3 Å². The lowest BCUT2D eigenvalue weighted by Crippen LogP contribution is -2.59. The first-order chi connectivity index (χ1) is 13.0. The summed E-state index contributed by atoms with van der Waals surface area (Å²) in [6.45, 7) is 2.08. The van der Waals surface area contributed by atoms with Crippen molar-refractivity contribution in [1.29, 1.82) is 0 Å². The van der Waals surface area contributed by atoms with Gasteiger partial charge in [0, 0.05) is 18.1 Å². The highest BCUT2D eigenvalue weighted by molar-refractivity contribution is 7.13. The van der Waals surface area contributed by atoms with Gasteiger partial charge in [0.05, 0.1) is 5.56 Å². The van der Waals surface area contributed by atoms with Crippen LogP contribution in [0.2, 0.25) is 0 Å². The lowest BCUT2D eigenvalue weighted by atomic mass is 9.74. The van der Waals surface area contributed by atoms with Crippen molar-refractivity contribution >= 4 is 28.3 Å². The summed E-state index contributed by atoms with van der Waals surface area (Å²) in [5.74, 6) is -1.13. The predicted molar refractivity (Wildman–Crippen MR) is 102 cm³/mol. The molecular formula is C20H22FN3O2S. The van der Waals surface area contributed by atoms with Gasteiger partial charge in [0.25, 0.3) is 11.8 Å². The van der Waals surface area contributed by atoms with Gasteiger partial charge in [0.2, 0.25) is 0 Å². The average molecular weight is 387 g/mol. The molecule has 142 valence electrons. The second-order valence-corrected chi connectivity index (χ2v) is 8.33. The number of nitrogens with one attached hydrogen (secondary N) is 1. The Bertz CT molecular complexity index is 864. The molecule has 1 saturated carbocycles. The van der Waals surface area contributed by atoms with Gasteiger partial charge < -0.3 is 4.90 Å². The summed E-state index contributed by atoms with van der Waals surface area (Å²) in [4.78, 5) is 32.2. The molecule has 2 amide bonds. The zero-order valence-corrected chi connectivity index (χ0v) is 16.0. The number of carbonyl (C=O) groups is 2. The Morgan fingerprint density at radius 3 is 2.78 bits per heavy atom. The van der Waals surface area contributed by atoms with Crippen LogP contribution in [-0.4, -0.2) is 27.2 Å². The second kappa shape index (κ2) is 7.03. The molecule has 2 aliphatic rings. The summed E-state index contributed by atoms with van der Waals surface area (Å²) in [5.41, 5.74) is -0.306. The molecule has 1 atom stereocenters. The number of benzene rings is 1. The maximum absolute atomic E-state index is 14.3. The summed E-state index contributed by atoms with van der Waals surface area (Å²) >= 11 is 1.34. The molecule has 1 aliphatic carbocycles. The molecule has 0 spiro atoms. The molecule has 0 radical (unpaired) electrons. The summed E-state index contributed by atoms with van der Waals surface area (Å²) in [6.07, 6.45) is 6.60. The van der Waals surface area contributed by atoms with E-state index >= 15 is 0 Å². The third-order valence-electron chi connectivity index (χ3n) is 5.96. The van der Waals surface area contributed by atoms with Crippen LogP contribution < -0.4 is 5.32 Å². The van der Waals surface area contributed by atoms with Crippen molar-refractivity contribution in [2.45, 2.75) is 51.1 Å². The van der Waals surface area contributed by atoms with E-state index in [1.165, 1.54) is 17.4 Å². The zero-order valence-electron chi connectivity index (χ0n) is 15.2. The summed E-state index contributed by atoms with van der Waals surface area (Å²) in [5, 5.41) is 5.18. The maximum atomic E-state index is 14.3. The molecule has 0 saturated heterocycles. The van der Waals surface area contributed by atoms with Crippen LogP contribution >= 0.6 is 11.3 Å².